The van der Waals surface area contributed by atoms with Crippen molar-refractivity contribution in [2.24, 2.45) is 5.10 Å². The molecule has 3 N–H and O–H groups in total. The molecule has 0 fully saturated rings. The Bertz CT molecular complexity index is 1320. The van der Waals surface area contributed by atoms with E-state index >= 15 is 0 Å². The summed E-state index contributed by atoms with van der Waals surface area (Å²) in [5.74, 6) is 0.222. The van der Waals surface area contributed by atoms with Crippen LogP contribution < -0.4 is 5.32 Å². The van der Waals surface area contributed by atoms with Crippen LogP contribution in [0.5, 0.6) is 11.5 Å². The number of rotatable bonds is 4. The van der Waals surface area contributed by atoms with Crippen molar-refractivity contribution in [2.45, 2.75) is 12.5 Å². The Balaban J connectivity index is 1.47. The SMILES string of the molecule is O=C(Nc1snnc1-c1ccc(O)cc1)N1N=C(c2cccnc2)CC1c1ccccc1O. The molecule has 1 aliphatic rings. The molecular weight excluding hydrogens is 440 g/mol. The number of anilines is 1. The molecule has 33 heavy (non-hydrogen) atoms. The van der Waals surface area contributed by atoms with Crippen molar-refractivity contribution in [3.63, 3.8) is 0 Å². The number of benzene rings is 2. The largest absolute Gasteiger partial charge is 0.508 e. The lowest BCUT2D eigenvalue weighted by Gasteiger charge is -2.22. The van der Waals surface area contributed by atoms with Gasteiger partial charge in [0.1, 0.15) is 22.2 Å². The Hall–Kier alpha value is -4.31. The van der Waals surface area contributed by atoms with Crippen molar-refractivity contribution in [2.75, 3.05) is 5.32 Å². The monoisotopic (exact) mass is 458 g/mol. The number of pyridine rings is 1. The Kier molecular flexibility index (Phi) is 5.41. The maximum atomic E-state index is 13.3. The molecule has 4 aromatic rings. The van der Waals surface area contributed by atoms with Crippen molar-refractivity contribution in [1.29, 1.82) is 0 Å². The highest BCUT2D eigenvalue weighted by Crippen LogP contribution is 2.38. The second-order valence-electron chi connectivity index (χ2n) is 7.34. The van der Waals surface area contributed by atoms with Gasteiger partial charge in [0.2, 0.25) is 0 Å². The van der Waals surface area contributed by atoms with Crippen molar-refractivity contribution in [3.05, 3.63) is 84.2 Å². The van der Waals surface area contributed by atoms with Gasteiger partial charge in [-0.25, -0.2) is 9.80 Å². The van der Waals surface area contributed by atoms with Gasteiger partial charge in [-0.2, -0.15) is 5.10 Å². The number of phenolic OH excluding ortho intramolecular Hbond substituents is 2. The summed E-state index contributed by atoms with van der Waals surface area (Å²) in [7, 11) is 0. The van der Waals surface area contributed by atoms with Crippen LogP contribution in [0.2, 0.25) is 0 Å². The van der Waals surface area contributed by atoms with Crippen LogP contribution in [-0.4, -0.2) is 41.5 Å². The molecule has 164 valence electrons. The van der Waals surface area contributed by atoms with Gasteiger partial charge >= 0.3 is 6.03 Å². The van der Waals surface area contributed by atoms with Crippen LogP contribution in [0.15, 0.2) is 78.2 Å². The van der Waals surface area contributed by atoms with E-state index < -0.39 is 12.1 Å². The number of amides is 2. The van der Waals surface area contributed by atoms with Crippen LogP contribution in [-0.2, 0) is 0 Å². The van der Waals surface area contributed by atoms with Crippen LogP contribution in [0.4, 0.5) is 9.80 Å². The lowest BCUT2D eigenvalue weighted by molar-refractivity contribution is 0.199. The molecular formula is C23H18N6O3S. The molecule has 10 heteroatoms. The highest BCUT2D eigenvalue weighted by atomic mass is 32.1. The van der Waals surface area contributed by atoms with Gasteiger partial charge in [-0.3, -0.25) is 10.3 Å². The zero-order chi connectivity index (χ0) is 22.8. The fourth-order valence-corrected chi connectivity index (χ4v) is 4.23. The first-order valence-electron chi connectivity index (χ1n) is 10.1. The van der Waals surface area contributed by atoms with Crippen molar-refractivity contribution in [3.8, 4) is 22.8 Å². The average Bonchev–Trinajstić information content (AvgIpc) is 3.48. The third-order valence-corrected chi connectivity index (χ3v) is 5.90. The molecule has 0 radical (unpaired) electrons. The van der Waals surface area contributed by atoms with E-state index in [1.54, 1.807) is 54.9 Å². The Morgan fingerprint density at radius 3 is 2.61 bits per heavy atom. The summed E-state index contributed by atoms with van der Waals surface area (Å²) in [4.78, 5) is 17.5. The lowest BCUT2D eigenvalue weighted by atomic mass is 9.98. The van der Waals surface area contributed by atoms with Crippen LogP contribution >= 0.6 is 11.5 Å². The van der Waals surface area contributed by atoms with Gasteiger partial charge in [0.05, 0.1) is 11.8 Å². The molecule has 1 aliphatic heterocycles. The molecule has 0 aliphatic carbocycles. The summed E-state index contributed by atoms with van der Waals surface area (Å²) >= 11 is 1.04. The minimum absolute atomic E-state index is 0.0900. The normalized spacial score (nSPS) is 15.3. The molecule has 1 unspecified atom stereocenters. The topological polar surface area (TPSA) is 124 Å². The first-order chi connectivity index (χ1) is 16.1. The van der Waals surface area contributed by atoms with Crippen LogP contribution in [0.3, 0.4) is 0 Å². The number of urea groups is 1. The predicted molar refractivity (Wildman–Crippen MR) is 124 cm³/mol. The maximum Gasteiger partial charge on any atom is 0.343 e. The van der Waals surface area contributed by atoms with Crippen molar-refractivity contribution >= 4 is 28.3 Å². The fourth-order valence-electron chi connectivity index (χ4n) is 3.65. The summed E-state index contributed by atoms with van der Waals surface area (Å²) in [5, 5.41) is 33.3. The molecule has 2 aromatic heterocycles. The number of aromatic hydroxyl groups is 2. The first-order valence-corrected chi connectivity index (χ1v) is 10.9. The number of phenols is 2. The third kappa shape index (κ3) is 4.11. The smallest absolute Gasteiger partial charge is 0.343 e. The van der Waals surface area contributed by atoms with Crippen LogP contribution in [0.1, 0.15) is 23.6 Å². The molecule has 2 amide bonds. The minimum Gasteiger partial charge on any atom is -0.508 e. The molecule has 2 aromatic carbocycles. The minimum atomic E-state index is -0.501. The zero-order valence-electron chi connectivity index (χ0n) is 17.2. The number of hydrazone groups is 1. The molecule has 0 saturated heterocycles. The van der Waals surface area contributed by atoms with Gasteiger partial charge in [0.15, 0.2) is 0 Å². The van der Waals surface area contributed by atoms with Gasteiger partial charge in [-0.15, -0.1) is 5.10 Å². The van der Waals surface area contributed by atoms with Crippen LogP contribution in [0.25, 0.3) is 11.3 Å². The van der Waals surface area contributed by atoms with E-state index in [-0.39, 0.29) is 11.5 Å². The van der Waals surface area contributed by atoms with Gasteiger partial charge in [0.25, 0.3) is 0 Å². The predicted octanol–water partition coefficient (Wildman–Crippen LogP) is 4.39. The Morgan fingerprint density at radius 2 is 1.85 bits per heavy atom. The van der Waals surface area contributed by atoms with E-state index in [1.807, 2.05) is 18.2 Å². The van der Waals surface area contributed by atoms with Crippen molar-refractivity contribution in [1.82, 2.24) is 19.6 Å². The summed E-state index contributed by atoms with van der Waals surface area (Å²) in [5.41, 5.74) is 3.28. The highest BCUT2D eigenvalue weighted by Gasteiger charge is 2.35. The summed E-state index contributed by atoms with van der Waals surface area (Å²) in [6, 6.07) is 16.1. The number of hydrogen-bond acceptors (Lipinski definition) is 8. The molecule has 0 bridgehead atoms. The molecule has 0 spiro atoms. The average molecular weight is 459 g/mol. The second kappa shape index (κ2) is 8.67. The molecule has 9 nitrogen and oxygen atoms in total. The third-order valence-electron chi connectivity index (χ3n) is 5.26. The highest BCUT2D eigenvalue weighted by molar-refractivity contribution is 7.10. The summed E-state index contributed by atoms with van der Waals surface area (Å²) in [6.45, 7) is 0. The summed E-state index contributed by atoms with van der Waals surface area (Å²) < 4.78 is 3.97. The van der Waals surface area contributed by atoms with E-state index in [1.165, 1.54) is 5.01 Å². The number of carbonyl (C=O) groups excluding carboxylic acids is 1. The van der Waals surface area contributed by atoms with E-state index in [9.17, 15) is 15.0 Å². The quantitative estimate of drug-likeness (QED) is 0.417. The Morgan fingerprint density at radius 1 is 1.03 bits per heavy atom. The molecule has 3 heterocycles. The summed E-state index contributed by atoms with van der Waals surface area (Å²) in [6.07, 6.45) is 3.78. The van der Waals surface area contributed by atoms with E-state index in [2.05, 4.69) is 25.0 Å². The number of nitrogens with zero attached hydrogens (tertiary/aromatic N) is 5. The maximum absolute atomic E-state index is 13.3. The van der Waals surface area contributed by atoms with Crippen molar-refractivity contribution < 1.29 is 15.0 Å². The number of carbonyl (C=O) groups is 1. The van der Waals surface area contributed by atoms with Gasteiger partial charge in [0, 0.05) is 47.0 Å². The zero-order valence-corrected chi connectivity index (χ0v) is 18.0. The fraction of sp³-hybridized carbons (Fsp3) is 0.0870. The Labute approximate surface area is 192 Å². The first kappa shape index (κ1) is 20.6. The number of para-hydroxylation sites is 1. The van der Waals surface area contributed by atoms with Gasteiger partial charge in [-0.1, -0.05) is 28.8 Å². The number of aromatic nitrogens is 3. The van der Waals surface area contributed by atoms with Gasteiger partial charge in [-0.05, 0) is 36.4 Å². The lowest BCUT2D eigenvalue weighted by Crippen LogP contribution is -2.31. The molecule has 1 atom stereocenters. The molecule has 5 rings (SSSR count). The van der Waals surface area contributed by atoms with Gasteiger partial charge < -0.3 is 10.2 Å². The number of nitrogens with one attached hydrogen (secondary N) is 1. The van der Waals surface area contributed by atoms with Crippen LogP contribution in [0, 0.1) is 0 Å². The number of hydrogen-bond donors (Lipinski definition) is 3. The second-order valence-corrected chi connectivity index (χ2v) is 8.09. The van der Waals surface area contributed by atoms with E-state index in [4.69, 9.17) is 0 Å². The molecule has 0 saturated carbocycles. The van der Waals surface area contributed by atoms with E-state index in [0.717, 1.165) is 17.1 Å². The standard InChI is InChI=1S/C23H18N6O3S/c30-16-9-7-14(8-10-16)21-22(33-28-26-21)25-23(32)29-19(17-5-1-2-6-20(17)31)12-18(27-29)15-4-3-11-24-13-15/h1-11,13,19,30-31H,12H2,(H,25,32). The van der Waals surface area contributed by atoms with E-state index in [0.29, 0.717) is 34.0 Å².